The summed E-state index contributed by atoms with van der Waals surface area (Å²) in [4.78, 5) is 6.86. The van der Waals surface area contributed by atoms with Gasteiger partial charge in [-0.2, -0.15) is 5.26 Å². The van der Waals surface area contributed by atoms with Crippen molar-refractivity contribution in [1.82, 2.24) is 4.90 Å². The molecule has 0 saturated heterocycles. The average molecular weight is 519 g/mol. The zero-order valence-corrected chi connectivity index (χ0v) is 22.1. The molecule has 0 fully saturated rings. The fourth-order valence-corrected chi connectivity index (χ4v) is 5.27. The zero-order chi connectivity index (χ0) is 27.4. The normalized spacial score (nSPS) is 18.3. The molecule has 1 aliphatic carbocycles. The van der Waals surface area contributed by atoms with Gasteiger partial charge < -0.3 is 15.3 Å². The highest BCUT2D eigenvalue weighted by Crippen LogP contribution is 2.45. The fraction of sp³-hybridized carbons (Fsp3) is 0.212. The molecule has 0 bridgehead atoms. The average Bonchev–Trinajstić information content (AvgIpc) is 3.21. The fourth-order valence-electron chi connectivity index (χ4n) is 5.27. The molecule has 6 heteroatoms. The van der Waals surface area contributed by atoms with Gasteiger partial charge in [0, 0.05) is 31.3 Å². The number of aliphatic hydroxyl groups is 1. The first-order valence-corrected chi connectivity index (χ1v) is 13.0. The smallest absolute Gasteiger partial charge is 0.123 e. The maximum Gasteiger partial charge on any atom is 0.123 e. The second-order valence-electron chi connectivity index (χ2n) is 10.0. The molecule has 2 unspecified atom stereocenters. The number of hydrogen-bond acceptors (Lipinski definition) is 4. The van der Waals surface area contributed by atoms with Crippen LogP contribution in [-0.2, 0) is 18.5 Å². The van der Waals surface area contributed by atoms with E-state index in [1.807, 2.05) is 79.5 Å². The number of halogens is 1. The van der Waals surface area contributed by atoms with Crippen molar-refractivity contribution in [1.29, 1.82) is 5.26 Å². The molecule has 0 aromatic heterocycles. The molecule has 0 amide bonds. The molecule has 39 heavy (non-hydrogen) atoms. The summed E-state index contributed by atoms with van der Waals surface area (Å²) in [5, 5.41) is 24.9. The maximum atomic E-state index is 13.3. The van der Waals surface area contributed by atoms with E-state index in [9.17, 15) is 14.8 Å². The van der Waals surface area contributed by atoms with Gasteiger partial charge in [0.25, 0.3) is 0 Å². The van der Waals surface area contributed by atoms with Crippen LogP contribution in [0.1, 0.15) is 30.0 Å². The molecule has 196 valence electrons. The number of aliphatic imine (C=N–C) groups is 1. The van der Waals surface area contributed by atoms with Gasteiger partial charge in [0.05, 0.1) is 24.3 Å². The molecule has 5 nitrogen and oxygen atoms in total. The van der Waals surface area contributed by atoms with E-state index in [1.165, 1.54) is 12.1 Å². The lowest BCUT2D eigenvalue weighted by atomic mass is 9.85. The van der Waals surface area contributed by atoms with E-state index in [-0.39, 0.29) is 12.2 Å². The second kappa shape index (κ2) is 11.1. The highest BCUT2D eigenvalue weighted by atomic mass is 19.1. The molecule has 0 saturated carbocycles. The largest absolute Gasteiger partial charge is 0.390 e. The van der Waals surface area contributed by atoms with Crippen molar-refractivity contribution < 1.29 is 9.50 Å². The topological polar surface area (TPSA) is 71.6 Å². The van der Waals surface area contributed by atoms with Crippen molar-refractivity contribution in [2.75, 3.05) is 12.4 Å². The third-order valence-corrected chi connectivity index (χ3v) is 7.46. The van der Waals surface area contributed by atoms with E-state index in [4.69, 9.17) is 4.99 Å². The van der Waals surface area contributed by atoms with E-state index in [0.29, 0.717) is 13.0 Å². The molecule has 0 spiro atoms. The van der Waals surface area contributed by atoms with Gasteiger partial charge in [0.1, 0.15) is 17.2 Å². The van der Waals surface area contributed by atoms with Gasteiger partial charge in [-0.25, -0.2) is 9.38 Å². The predicted molar refractivity (Wildman–Crippen MR) is 154 cm³/mol. The Labute approximate surface area is 228 Å². The second-order valence-corrected chi connectivity index (χ2v) is 10.0. The van der Waals surface area contributed by atoms with Crippen molar-refractivity contribution in [2.45, 2.75) is 38.0 Å². The summed E-state index contributed by atoms with van der Waals surface area (Å²) in [7, 11) is 1.95. The summed E-state index contributed by atoms with van der Waals surface area (Å²) in [6.45, 7) is 2.53. The Kier molecular flexibility index (Phi) is 7.44. The van der Waals surface area contributed by atoms with E-state index in [1.54, 1.807) is 12.1 Å². The lowest BCUT2D eigenvalue weighted by molar-refractivity contribution is 0.113. The number of benzene rings is 4. The number of nitrogens with one attached hydrogen (secondary N) is 1. The Bertz CT molecular complexity index is 1530. The highest BCUT2D eigenvalue weighted by molar-refractivity contribution is 5.83. The van der Waals surface area contributed by atoms with Gasteiger partial charge in [0.15, 0.2) is 0 Å². The van der Waals surface area contributed by atoms with Crippen LogP contribution >= 0.6 is 0 Å². The van der Waals surface area contributed by atoms with Crippen molar-refractivity contribution in [2.24, 2.45) is 4.99 Å². The third-order valence-electron chi connectivity index (χ3n) is 7.46. The summed E-state index contributed by atoms with van der Waals surface area (Å²) in [5.74, 6) is 0.541. The van der Waals surface area contributed by atoms with E-state index >= 15 is 0 Å². The minimum absolute atomic E-state index is 0.0981. The third kappa shape index (κ3) is 5.41. The lowest BCUT2D eigenvalue weighted by Crippen LogP contribution is -2.43. The van der Waals surface area contributed by atoms with E-state index < -0.39 is 11.6 Å². The Morgan fingerprint density at radius 2 is 1.77 bits per heavy atom. The van der Waals surface area contributed by atoms with Crippen molar-refractivity contribution in [3.8, 4) is 17.2 Å². The minimum Gasteiger partial charge on any atom is -0.390 e. The molecule has 5 rings (SSSR count). The molecule has 1 aliphatic rings. The summed E-state index contributed by atoms with van der Waals surface area (Å²) in [5.41, 5.74) is 5.55. The first-order valence-electron chi connectivity index (χ1n) is 13.0. The van der Waals surface area contributed by atoms with Crippen LogP contribution in [0.2, 0.25) is 0 Å². The van der Waals surface area contributed by atoms with Crippen LogP contribution in [0.5, 0.6) is 0 Å². The van der Waals surface area contributed by atoms with Crippen LogP contribution in [0.15, 0.2) is 102 Å². The number of nitrogens with zero attached hydrogens (tertiary/aromatic N) is 3. The summed E-state index contributed by atoms with van der Waals surface area (Å²) >= 11 is 0. The van der Waals surface area contributed by atoms with Crippen LogP contribution in [-0.4, -0.2) is 29.0 Å². The Balaban J connectivity index is 1.48. The lowest BCUT2D eigenvalue weighted by Gasteiger charge is -2.35. The minimum atomic E-state index is -0.978. The van der Waals surface area contributed by atoms with Gasteiger partial charge in [-0.1, -0.05) is 66.7 Å². The number of aliphatic hydroxyl groups excluding tert-OH is 1. The van der Waals surface area contributed by atoms with Gasteiger partial charge in [-0.3, -0.25) is 0 Å². The van der Waals surface area contributed by atoms with E-state index in [2.05, 4.69) is 23.5 Å². The van der Waals surface area contributed by atoms with Crippen molar-refractivity contribution in [3.63, 3.8) is 0 Å². The van der Waals surface area contributed by atoms with Gasteiger partial charge in [-0.15, -0.1) is 0 Å². The van der Waals surface area contributed by atoms with Crippen LogP contribution in [0, 0.1) is 17.1 Å². The van der Waals surface area contributed by atoms with Crippen LogP contribution < -0.4 is 5.32 Å². The van der Waals surface area contributed by atoms with Gasteiger partial charge in [0.2, 0.25) is 0 Å². The molecule has 2 atom stereocenters. The number of nitriles is 1. The standard InChI is InChI=1S/C33H31FN4O/c1-23(38(2)22-24-12-15-27(34)16-13-24)36-28-17-14-26-20-32(39)33(18-19-35,30(26)21-28)37-31-11-7-6-10-29(31)25-8-4-3-5-9-25/h3-17,21,32,37,39H,18,20,22H2,1-2H3. The Morgan fingerprint density at radius 1 is 1.05 bits per heavy atom. The molecular formula is C33H31FN4O. The SMILES string of the molecule is CC(=Nc1ccc2c(c1)C(CC#N)(Nc1ccccc1-c1ccccc1)C(O)C2)N(C)Cc1ccc(F)cc1. The molecular weight excluding hydrogens is 487 g/mol. The number of anilines is 1. The van der Waals surface area contributed by atoms with Crippen molar-refractivity contribution >= 4 is 17.2 Å². The number of amidine groups is 1. The zero-order valence-electron chi connectivity index (χ0n) is 22.1. The van der Waals surface area contributed by atoms with Crippen molar-refractivity contribution in [3.05, 3.63) is 120 Å². The van der Waals surface area contributed by atoms with Gasteiger partial charge in [-0.05, 0) is 59.5 Å². The summed E-state index contributed by atoms with van der Waals surface area (Å²) in [6, 6.07) is 32.7. The monoisotopic (exact) mass is 518 g/mol. The van der Waals surface area contributed by atoms with Gasteiger partial charge >= 0.3 is 0 Å². The van der Waals surface area contributed by atoms with Crippen LogP contribution in [0.4, 0.5) is 15.8 Å². The summed E-state index contributed by atoms with van der Waals surface area (Å²) in [6.07, 6.45) is -0.233. The molecule has 2 N–H and O–H groups in total. The quantitative estimate of drug-likeness (QED) is 0.208. The predicted octanol–water partition coefficient (Wildman–Crippen LogP) is 6.81. The molecule has 0 aliphatic heterocycles. The first kappa shape index (κ1) is 26.1. The van der Waals surface area contributed by atoms with E-state index in [0.717, 1.165) is 45.0 Å². The number of fused-ring (bicyclic) bond motifs is 1. The maximum absolute atomic E-state index is 13.3. The Morgan fingerprint density at radius 3 is 2.51 bits per heavy atom. The number of para-hydroxylation sites is 1. The summed E-state index contributed by atoms with van der Waals surface area (Å²) < 4.78 is 13.3. The first-order chi connectivity index (χ1) is 18.9. The Hall–Kier alpha value is -4.47. The highest BCUT2D eigenvalue weighted by Gasteiger charge is 2.46. The number of hydrogen-bond donors (Lipinski definition) is 2. The number of rotatable bonds is 7. The molecule has 0 radical (unpaired) electrons. The molecule has 4 aromatic rings. The molecule has 4 aromatic carbocycles. The van der Waals surface area contributed by atoms with Crippen LogP contribution in [0.3, 0.4) is 0 Å². The molecule has 0 heterocycles. The van der Waals surface area contributed by atoms with Crippen LogP contribution in [0.25, 0.3) is 11.1 Å².